The summed E-state index contributed by atoms with van der Waals surface area (Å²) in [5.41, 5.74) is 1.85. The van der Waals surface area contributed by atoms with Crippen LogP contribution in [0, 0.1) is 12.8 Å². The van der Waals surface area contributed by atoms with E-state index in [2.05, 4.69) is 42.0 Å². The first kappa shape index (κ1) is 14.2. The van der Waals surface area contributed by atoms with E-state index in [1.807, 2.05) is 25.1 Å². The van der Waals surface area contributed by atoms with Crippen molar-refractivity contribution in [1.29, 1.82) is 0 Å². The lowest BCUT2D eigenvalue weighted by molar-refractivity contribution is 0.0924. The lowest BCUT2D eigenvalue weighted by atomic mass is 10.0. The van der Waals surface area contributed by atoms with Gasteiger partial charge in [-0.2, -0.15) is 0 Å². The van der Waals surface area contributed by atoms with Crippen LogP contribution in [0.2, 0.25) is 0 Å². The van der Waals surface area contributed by atoms with Crippen molar-refractivity contribution in [2.45, 2.75) is 40.2 Å². The molecule has 3 heteroatoms. The van der Waals surface area contributed by atoms with Gasteiger partial charge in [-0.1, -0.05) is 26.8 Å². The molecule has 0 spiro atoms. The van der Waals surface area contributed by atoms with E-state index in [0.29, 0.717) is 11.5 Å². The molecule has 2 nitrogen and oxygen atoms in total. The molecule has 94 valence electrons. The average Bonchev–Trinajstić information content (AvgIpc) is 2.24. The Bertz CT molecular complexity index is 401. The van der Waals surface area contributed by atoms with E-state index in [1.54, 1.807) is 0 Å². The van der Waals surface area contributed by atoms with E-state index >= 15 is 0 Å². The number of nitrogens with one attached hydrogen (secondary N) is 1. The van der Waals surface area contributed by atoms with Crippen LogP contribution in [0.25, 0.3) is 0 Å². The molecule has 0 radical (unpaired) electrons. The summed E-state index contributed by atoms with van der Waals surface area (Å²) in [6.45, 7) is 8.35. The fourth-order valence-electron chi connectivity index (χ4n) is 1.79. The molecular weight excluding hydrogens is 278 g/mol. The zero-order valence-corrected chi connectivity index (χ0v) is 12.5. The molecule has 1 aromatic rings. The maximum absolute atomic E-state index is 12.1. The van der Waals surface area contributed by atoms with Gasteiger partial charge in [0.1, 0.15) is 0 Å². The van der Waals surface area contributed by atoms with E-state index in [4.69, 9.17) is 0 Å². The van der Waals surface area contributed by atoms with Crippen molar-refractivity contribution in [3.05, 3.63) is 33.8 Å². The van der Waals surface area contributed by atoms with E-state index in [-0.39, 0.29) is 11.9 Å². The predicted molar refractivity (Wildman–Crippen MR) is 75.3 cm³/mol. The van der Waals surface area contributed by atoms with Crippen LogP contribution in [-0.4, -0.2) is 11.9 Å². The topological polar surface area (TPSA) is 29.1 Å². The van der Waals surface area contributed by atoms with Crippen molar-refractivity contribution in [3.8, 4) is 0 Å². The number of carbonyl (C=O) groups is 1. The number of hydrogen-bond donors (Lipinski definition) is 1. The summed E-state index contributed by atoms with van der Waals surface area (Å²) >= 11 is 3.44. The van der Waals surface area contributed by atoms with Gasteiger partial charge in [0, 0.05) is 10.5 Å². The Morgan fingerprint density at radius 2 is 2.06 bits per heavy atom. The Hall–Kier alpha value is -0.830. The molecule has 0 saturated carbocycles. The summed E-state index contributed by atoms with van der Waals surface area (Å²) in [6.07, 6.45) is 0.951. The molecule has 0 aliphatic rings. The molecule has 0 bridgehead atoms. The molecule has 0 fully saturated rings. The van der Waals surface area contributed by atoms with Crippen LogP contribution < -0.4 is 5.32 Å². The number of benzene rings is 1. The van der Waals surface area contributed by atoms with Gasteiger partial charge < -0.3 is 5.32 Å². The third-order valence-corrected chi connectivity index (χ3v) is 3.59. The lowest BCUT2D eigenvalue weighted by Gasteiger charge is -2.21. The third kappa shape index (κ3) is 3.84. The number of halogens is 1. The Labute approximate surface area is 112 Å². The Morgan fingerprint density at radius 3 is 2.53 bits per heavy atom. The number of aryl methyl sites for hydroxylation is 1. The molecule has 0 heterocycles. The fraction of sp³-hybridized carbons (Fsp3) is 0.500. The molecule has 0 saturated heterocycles. The van der Waals surface area contributed by atoms with Crippen LogP contribution in [0.5, 0.6) is 0 Å². The SMILES string of the molecule is CCC(NC(=O)c1ccc(C)cc1Br)C(C)C. The second-order valence-electron chi connectivity index (χ2n) is 4.72. The van der Waals surface area contributed by atoms with Gasteiger partial charge in [-0.3, -0.25) is 4.79 Å². The first-order valence-electron chi connectivity index (χ1n) is 6.02. The van der Waals surface area contributed by atoms with E-state index in [1.165, 1.54) is 0 Å². The second-order valence-corrected chi connectivity index (χ2v) is 5.57. The molecule has 0 aliphatic heterocycles. The summed E-state index contributed by atoms with van der Waals surface area (Å²) < 4.78 is 0.855. The second kappa shape index (κ2) is 6.20. The van der Waals surface area contributed by atoms with Gasteiger partial charge in [0.05, 0.1) is 5.56 Å². The number of amides is 1. The van der Waals surface area contributed by atoms with Gasteiger partial charge in [-0.05, 0) is 52.9 Å². The number of carbonyl (C=O) groups excluding carboxylic acids is 1. The summed E-state index contributed by atoms with van der Waals surface area (Å²) in [5, 5.41) is 3.07. The zero-order chi connectivity index (χ0) is 13.0. The Balaban J connectivity index is 2.82. The summed E-state index contributed by atoms with van der Waals surface area (Å²) in [6, 6.07) is 6.01. The van der Waals surface area contributed by atoms with Crippen molar-refractivity contribution in [2.75, 3.05) is 0 Å². The average molecular weight is 298 g/mol. The third-order valence-electron chi connectivity index (χ3n) is 2.93. The monoisotopic (exact) mass is 297 g/mol. The van der Waals surface area contributed by atoms with Crippen LogP contribution in [0.4, 0.5) is 0 Å². The molecule has 1 unspecified atom stereocenters. The molecule has 1 rings (SSSR count). The van der Waals surface area contributed by atoms with Crippen molar-refractivity contribution in [2.24, 2.45) is 5.92 Å². The van der Waals surface area contributed by atoms with Gasteiger partial charge in [-0.15, -0.1) is 0 Å². The van der Waals surface area contributed by atoms with Gasteiger partial charge >= 0.3 is 0 Å². The smallest absolute Gasteiger partial charge is 0.252 e. The first-order chi connectivity index (χ1) is 7.95. The van der Waals surface area contributed by atoms with Crippen LogP contribution >= 0.6 is 15.9 Å². The molecule has 0 aromatic heterocycles. The zero-order valence-electron chi connectivity index (χ0n) is 10.9. The highest BCUT2D eigenvalue weighted by Crippen LogP contribution is 2.19. The highest BCUT2D eigenvalue weighted by molar-refractivity contribution is 9.10. The minimum absolute atomic E-state index is 0.00238. The first-order valence-corrected chi connectivity index (χ1v) is 6.82. The Morgan fingerprint density at radius 1 is 1.41 bits per heavy atom. The van der Waals surface area contributed by atoms with E-state index in [9.17, 15) is 4.79 Å². The molecule has 1 amide bonds. The standard InChI is InChI=1S/C14H20BrNO/c1-5-13(9(2)3)16-14(17)11-7-6-10(4)8-12(11)15/h6-9,13H,5H2,1-4H3,(H,16,17). The van der Waals surface area contributed by atoms with Crippen molar-refractivity contribution in [3.63, 3.8) is 0 Å². The van der Waals surface area contributed by atoms with Crippen LogP contribution in [0.15, 0.2) is 22.7 Å². The van der Waals surface area contributed by atoms with E-state index < -0.39 is 0 Å². The van der Waals surface area contributed by atoms with Gasteiger partial charge in [0.15, 0.2) is 0 Å². The van der Waals surface area contributed by atoms with Crippen molar-refractivity contribution in [1.82, 2.24) is 5.32 Å². The van der Waals surface area contributed by atoms with Gasteiger partial charge in [-0.25, -0.2) is 0 Å². The van der Waals surface area contributed by atoms with Crippen molar-refractivity contribution < 1.29 is 4.79 Å². The minimum Gasteiger partial charge on any atom is -0.349 e. The Kier molecular flexibility index (Phi) is 5.19. The van der Waals surface area contributed by atoms with Crippen molar-refractivity contribution >= 4 is 21.8 Å². The minimum atomic E-state index is -0.00238. The molecule has 1 atom stereocenters. The molecular formula is C14H20BrNO. The largest absolute Gasteiger partial charge is 0.349 e. The highest BCUT2D eigenvalue weighted by atomic mass is 79.9. The summed E-state index contributed by atoms with van der Waals surface area (Å²) in [7, 11) is 0. The van der Waals surface area contributed by atoms with Gasteiger partial charge in [0.25, 0.3) is 5.91 Å². The predicted octanol–water partition coefficient (Wildman–Crippen LogP) is 3.92. The summed E-state index contributed by atoms with van der Waals surface area (Å²) in [5.74, 6) is 0.450. The normalized spacial score (nSPS) is 12.6. The number of rotatable bonds is 4. The van der Waals surface area contributed by atoms with Crippen LogP contribution in [0.1, 0.15) is 43.1 Å². The fourth-order valence-corrected chi connectivity index (χ4v) is 2.46. The molecule has 1 N–H and O–H groups in total. The van der Waals surface area contributed by atoms with Crippen LogP contribution in [0.3, 0.4) is 0 Å². The maximum atomic E-state index is 12.1. The van der Waals surface area contributed by atoms with Crippen LogP contribution in [-0.2, 0) is 0 Å². The lowest BCUT2D eigenvalue weighted by Crippen LogP contribution is -2.38. The van der Waals surface area contributed by atoms with E-state index in [0.717, 1.165) is 16.5 Å². The highest BCUT2D eigenvalue weighted by Gasteiger charge is 2.16. The van der Waals surface area contributed by atoms with Gasteiger partial charge in [0.2, 0.25) is 0 Å². The number of hydrogen-bond acceptors (Lipinski definition) is 1. The summed E-state index contributed by atoms with van der Waals surface area (Å²) in [4.78, 5) is 12.1. The molecule has 17 heavy (non-hydrogen) atoms. The quantitative estimate of drug-likeness (QED) is 0.896. The molecule has 1 aromatic carbocycles. The molecule has 0 aliphatic carbocycles. The maximum Gasteiger partial charge on any atom is 0.252 e.